The molecule has 0 bridgehead atoms. The van der Waals surface area contributed by atoms with Gasteiger partial charge >= 0.3 is 6.18 Å². The number of aromatic amines is 1. The fraction of sp³-hybridized carbons (Fsp3) is 0.500. The molecule has 210 valence electrons. The van der Waals surface area contributed by atoms with E-state index in [1.807, 2.05) is 13.8 Å². The van der Waals surface area contributed by atoms with Crippen LogP contribution in [0.25, 0.3) is 11.0 Å². The largest absolute Gasteiger partial charge is 0.418 e. The highest BCUT2D eigenvalue weighted by Gasteiger charge is 2.44. The summed E-state index contributed by atoms with van der Waals surface area (Å²) in [4.78, 5) is 22.9. The number of hydrogen-bond acceptors (Lipinski definition) is 5. The number of benzene rings is 2. The van der Waals surface area contributed by atoms with Crippen molar-refractivity contribution in [2.45, 2.75) is 74.6 Å². The highest BCUT2D eigenvalue weighted by molar-refractivity contribution is 7.91. The maximum Gasteiger partial charge on any atom is 0.418 e. The Hall–Kier alpha value is -2.92. The van der Waals surface area contributed by atoms with Gasteiger partial charge in [-0.15, -0.1) is 0 Å². The van der Waals surface area contributed by atoms with Gasteiger partial charge in [-0.2, -0.15) is 13.2 Å². The molecule has 1 saturated carbocycles. The summed E-state index contributed by atoms with van der Waals surface area (Å²) in [6, 6.07) is 12.3. The molecule has 5 rings (SSSR count). The number of alkyl halides is 3. The van der Waals surface area contributed by atoms with Crippen LogP contribution in [-0.2, 0) is 20.8 Å². The molecular formula is C28H33F3N4O3S. The van der Waals surface area contributed by atoms with Crippen LogP contribution in [0.4, 0.5) is 13.2 Å². The first-order chi connectivity index (χ1) is 18.4. The molecule has 7 nitrogen and oxygen atoms in total. The Labute approximate surface area is 226 Å². The maximum absolute atomic E-state index is 13.7. The fourth-order valence-corrected chi connectivity index (χ4v) is 7.88. The van der Waals surface area contributed by atoms with E-state index in [1.54, 1.807) is 35.2 Å². The van der Waals surface area contributed by atoms with Crippen LogP contribution in [0, 0.1) is 5.92 Å². The van der Waals surface area contributed by atoms with Crippen LogP contribution in [0.5, 0.6) is 0 Å². The first-order valence-corrected chi connectivity index (χ1v) is 15.0. The molecule has 1 saturated heterocycles. The van der Waals surface area contributed by atoms with Crippen LogP contribution in [-0.4, -0.2) is 59.6 Å². The van der Waals surface area contributed by atoms with E-state index in [0.717, 1.165) is 12.5 Å². The number of imidazole rings is 1. The van der Waals surface area contributed by atoms with Gasteiger partial charge in [0.15, 0.2) is 9.84 Å². The zero-order valence-corrected chi connectivity index (χ0v) is 22.7. The van der Waals surface area contributed by atoms with Crippen molar-refractivity contribution in [3.8, 4) is 0 Å². The number of para-hydroxylation sites is 1. The van der Waals surface area contributed by atoms with Gasteiger partial charge < -0.3 is 15.2 Å². The molecule has 1 aliphatic heterocycles. The summed E-state index contributed by atoms with van der Waals surface area (Å²) in [5.74, 6) is -1.05. The highest BCUT2D eigenvalue weighted by Crippen LogP contribution is 2.39. The molecule has 1 unspecified atom stereocenters. The third-order valence-corrected chi connectivity index (χ3v) is 9.71. The second-order valence-electron chi connectivity index (χ2n) is 10.9. The molecule has 1 aliphatic carbocycles. The smallest absolute Gasteiger partial charge is 0.341 e. The van der Waals surface area contributed by atoms with Gasteiger partial charge in [-0.3, -0.25) is 4.79 Å². The number of halogens is 3. The summed E-state index contributed by atoms with van der Waals surface area (Å²) in [7, 11) is -3.58. The highest BCUT2D eigenvalue weighted by atomic mass is 32.2. The average molecular weight is 563 g/mol. The third kappa shape index (κ3) is 5.70. The van der Waals surface area contributed by atoms with Crippen molar-refractivity contribution in [3.05, 3.63) is 59.9 Å². The molecule has 4 atom stereocenters. The fourth-order valence-electron chi connectivity index (χ4n) is 6.20. The standard InChI is InChI=1S/C28H33F3N4O3S/c1-17(2)32-19-11-12-24(18(15-19)16-39(37,38)20-7-4-3-5-8-20)35-14-13-21(27(35)36)26-33-23-10-6-9-22(25(23)34-26)28(29,30)31/h3-10,17-19,21,24,32H,11-16H2,1-2H3,(H,33,34)/t18-,19+,21?,24-/m0/s1. The lowest BCUT2D eigenvalue weighted by Crippen LogP contribution is -2.51. The molecule has 11 heteroatoms. The predicted octanol–water partition coefficient (Wildman–Crippen LogP) is 4.91. The van der Waals surface area contributed by atoms with E-state index in [-0.39, 0.29) is 57.5 Å². The van der Waals surface area contributed by atoms with Gasteiger partial charge in [0.2, 0.25) is 5.91 Å². The topological polar surface area (TPSA) is 95.2 Å². The Morgan fingerprint density at radius 2 is 1.82 bits per heavy atom. The number of hydrogen-bond donors (Lipinski definition) is 2. The number of H-pyrrole nitrogens is 1. The van der Waals surface area contributed by atoms with Crippen LogP contribution < -0.4 is 5.32 Å². The molecular weight excluding hydrogens is 529 g/mol. The predicted molar refractivity (Wildman–Crippen MR) is 142 cm³/mol. The van der Waals surface area contributed by atoms with Crippen molar-refractivity contribution in [2.24, 2.45) is 5.92 Å². The van der Waals surface area contributed by atoms with Crippen molar-refractivity contribution in [3.63, 3.8) is 0 Å². The second kappa shape index (κ2) is 10.6. The third-order valence-electron chi connectivity index (χ3n) is 7.85. The summed E-state index contributed by atoms with van der Waals surface area (Å²) < 4.78 is 67.2. The Morgan fingerprint density at radius 3 is 2.51 bits per heavy atom. The van der Waals surface area contributed by atoms with E-state index in [4.69, 9.17) is 0 Å². The molecule has 0 spiro atoms. The number of amides is 1. The van der Waals surface area contributed by atoms with E-state index in [1.165, 1.54) is 12.1 Å². The van der Waals surface area contributed by atoms with Crippen molar-refractivity contribution in [1.29, 1.82) is 0 Å². The van der Waals surface area contributed by atoms with Gasteiger partial charge in [-0.05, 0) is 55.9 Å². The number of aromatic nitrogens is 2. The molecule has 1 aromatic heterocycles. The molecule has 1 amide bonds. The number of rotatable bonds is 7. The lowest BCUT2D eigenvalue weighted by atomic mass is 9.81. The quantitative estimate of drug-likeness (QED) is 0.427. The van der Waals surface area contributed by atoms with Gasteiger partial charge in [-0.1, -0.05) is 38.1 Å². The number of carbonyl (C=O) groups is 1. The molecule has 2 aromatic carbocycles. The van der Waals surface area contributed by atoms with Crippen molar-refractivity contribution in [2.75, 3.05) is 12.3 Å². The van der Waals surface area contributed by atoms with Gasteiger partial charge in [0, 0.05) is 24.7 Å². The molecule has 2 aliphatic rings. The van der Waals surface area contributed by atoms with Crippen LogP contribution in [0.1, 0.15) is 56.8 Å². The molecule has 2 heterocycles. The minimum atomic E-state index is -4.56. The zero-order chi connectivity index (χ0) is 27.9. The van der Waals surface area contributed by atoms with Gasteiger partial charge in [0.05, 0.1) is 27.6 Å². The number of carbonyl (C=O) groups excluding carboxylic acids is 1. The first-order valence-electron chi connectivity index (χ1n) is 13.3. The molecule has 3 aromatic rings. The molecule has 0 radical (unpaired) electrons. The SMILES string of the molecule is CC(C)N[C@@H]1CC[C@H](N2CCC(c3nc4c(C(F)(F)F)cccc4[nH]3)C2=O)[C@H](CS(=O)(=O)c2ccccc2)C1. The number of nitrogens with one attached hydrogen (secondary N) is 2. The monoisotopic (exact) mass is 562 g/mol. The Bertz CT molecular complexity index is 1440. The summed E-state index contributed by atoms with van der Waals surface area (Å²) in [6.45, 7) is 4.50. The summed E-state index contributed by atoms with van der Waals surface area (Å²) >= 11 is 0. The van der Waals surface area contributed by atoms with Crippen molar-refractivity contribution < 1.29 is 26.4 Å². The van der Waals surface area contributed by atoms with Crippen molar-refractivity contribution in [1.82, 2.24) is 20.2 Å². The van der Waals surface area contributed by atoms with E-state index < -0.39 is 27.5 Å². The minimum Gasteiger partial charge on any atom is -0.341 e. The molecule has 2 N–H and O–H groups in total. The number of nitrogens with zero attached hydrogens (tertiary/aromatic N) is 2. The Balaban J connectivity index is 1.40. The first kappa shape index (κ1) is 27.6. The average Bonchev–Trinajstić information content (AvgIpc) is 3.46. The van der Waals surface area contributed by atoms with Crippen LogP contribution in [0.2, 0.25) is 0 Å². The minimum absolute atomic E-state index is 0.0774. The lowest BCUT2D eigenvalue weighted by Gasteiger charge is -2.41. The lowest BCUT2D eigenvalue weighted by molar-refractivity contribution is -0.136. The van der Waals surface area contributed by atoms with Gasteiger partial charge in [-0.25, -0.2) is 13.4 Å². The van der Waals surface area contributed by atoms with E-state index >= 15 is 0 Å². The summed E-state index contributed by atoms with van der Waals surface area (Å²) in [5.41, 5.74) is -0.802. The van der Waals surface area contributed by atoms with E-state index in [0.29, 0.717) is 25.8 Å². The van der Waals surface area contributed by atoms with Gasteiger partial charge in [0.25, 0.3) is 0 Å². The zero-order valence-electron chi connectivity index (χ0n) is 21.9. The summed E-state index contributed by atoms with van der Waals surface area (Å²) in [5, 5.41) is 3.52. The maximum atomic E-state index is 13.7. The van der Waals surface area contributed by atoms with E-state index in [2.05, 4.69) is 15.3 Å². The number of sulfone groups is 1. The number of likely N-dealkylation sites (tertiary alicyclic amines) is 1. The van der Waals surface area contributed by atoms with Crippen LogP contribution in [0.3, 0.4) is 0 Å². The number of fused-ring (bicyclic) bond motifs is 1. The second-order valence-corrected chi connectivity index (χ2v) is 13.0. The van der Waals surface area contributed by atoms with Crippen LogP contribution >= 0.6 is 0 Å². The Morgan fingerprint density at radius 1 is 1.08 bits per heavy atom. The molecule has 2 fully saturated rings. The van der Waals surface area contributed by atoms with Crippen molar-refractivity contribution >= 4 is 26.8 Å². The van der Waals surface area contributed by atoms with E-state index in [9.17, 15) is 26.4 Å². The van der Waals surface area contributed by atoms with Gasteiger partial charge in [0.1, 0.15) is 11.3 Å². The normalized spacial score (nSPS) is 24.7. The Kier molecular flexibility index (Phi) is 7.49. The van der Waals surface area contributed by atoms with Crippen LogP contribution in [0.15, 0.2) is 53.4 Å². The molecule has 39 heavy (non-hydrogen) atoms. The summed E-state index contributed by atoms with van der Waals surface area (Å²) in [6.07, 6.45) is -2.09.